The first-order valence-corrected chi connectivity index (χ1v) is 9.08. The second kappa shape index (κ2) is 7.40. The van der Waals surface area contributed by atoms with E-state index in [0.717, 1.165) is 37.2 Å². The number of nitrogens with one attached hydrogen (secondary N) is 1. The number of pyridine rings is 1. The summed E-state index contributed by atoms with van der Waals surface area (Å²) in [5, 5.41) is 16.9. The molecule has 4 rings (SSSR count). The molecule has 0 amide bonds. The molecular weight excluding hydrogens is 371 g/mol. The SMILES string of the molecule is OC[C@H]1CCCN1Cc1cccc2nc(Nc3ccc(C(F)(F)F)cc3)nn12.[HH]. The van der Waals surface area contributed by atoms with Gasteiger partial charge in [0.2, 0.25) is 5.95 Å². The molecule has 0 unspecified atom stereocenters. The van der Waals surface area contributed by atoms with E-state index < -0.39 is 11.7 Å². The number of aliphatic hydroxyl groups excluding tert-OH is 1. The second-order valence-electron chi connectivity index (χ2n) is 6.87. The molecule has 1 aliphatic heterocycles. The molecule has 3 aromatic rings. The fourth-order valence-electron chi connectivity index (χ4n) is 3.52. The minimum Gasteiger partial charge on any atom is -0.395 e. The second-order valence-corrected chi connectivity index (χ2v) is 6.87. The van der Waals surface area contributed by atoms with E-state index in [1.165, 1.54) is 12.1 Å². The number of halogens is 3. The lowest BCUT2D eigenvalue weighted by atomic mass is 10.2. The van der Waals surface area contributed by atoms with Crippen LogP contribution in [0.3, 0.4) is 0 Å². The van der Waals surface area contributed by atoms with Crippen LogP contribution in [-0.4, -0.2) is 43.8 Å². The van der Waals surface area contributed by atoms with E-state index in [-0.39, 0.29) is 14.1 Å². The van der Waals surface area contributed by atoms with Crippen LogP contribution in [0.15, 0.2) is 42.5 Å². The molecule has 150 valence electrons. The summed E-state index contributed by atoms with van der Waals surface area (Å²) in [7, 11) is 0. The number of rotatable bonds is 5. The molecule has 0 aliphatic carbocycles. The van der Waals surface area contributed by atoms with Crippen molar-refractivity contribution in [3.8, 4) is 0 Å². The monoisotopic (exact) mass is 393 g/mol. The highest BCUT2D eigenvalue weighted by Crippen LogP contribution is 2.30. The fourth-order valence-corrected chi connectivity index (χ4v) is 3.52. The zero-order chi connectivity index (χ0) is 19.7. The van der Waals surface area contributed by atoms with Crippen molar-refractivity contribution in [3.05, 3.63) is 53.7 Å². The minimum absolute atomic E-state index is 0. The number of hydrogen-bond donors (Lipinski definition) is 2. The number of benzene rings is 1. The van der Waals surface area contributed by atoms with Crippen LogP contribution in [0, 0.1) is 0 Å². The van der Waals surface area contributed by atoms with Crippen LogP contribution >= 0.6 is 0 Å². The molecule has 1 atom stereocenters. The van der Waals surface area contributed by atoms with E-state index in [4.69, 9.17) is 0 Å². The van der Waals surface area contributed by atoms with Gasteiger partial charge in [0.15, 0.2) is 5.65 Å². The summed E-state index contributed by atoms with van der Waals surface area (Å²) >= 11 is 0. The normalized spacial score (nSPS) is 18.1. The Balaban J connectivity index is 0.00000240. The molecule has 28 heavy (non-hydrogen) atoms. The van der Waals surface area contributed by atoms with Gasteiger partial charge < -0.3 is 10.4 Å². The van der Waals surface area contributed by atoms with Gasteiger partial charge in [-0.25, -0.2) is 4.52 Å². The van der Waals surface area contributed by atoms with E-state index in [0.29, 0.717) is 23.8 Å². The first-order valence-electron chi connectivity index (χ1n) is 9.08. The van der Waals surface area contributed by atoms with E-state index in [2.05, 4.69) is 20.3 Å². The Morgan fingerprint density at radius 1 is 1.18 bits per heavy atom. The highest BCUT2D eigenvalue weighted by Gasteiger charge is 2.30. The number of alkyl halides is 3. The van der Waals surface area contributed by atoms with Crippen LogP contribution < -0.4 is 5.32 Å². The molecule has 3 heterocycles. The molecule has 1 fully saturated rings. The Labute approximate surface area is 161 Å². The lowest BCUT2D eigenvalue weighted by Gasteiger charge is -2.22. The van der Waals surface area contributed by atoms with Gasteiger partial charge in [-0.3, -0.25) is 4.90 Å². The Hall–Kier alpha value is -2.65. The van der Waals surface area contributed by atoms with Crippen molar-refractivity contribution in [2.75, 3.05) is 18.5 Å². The number of aromatic nitrogens is 3. The quantitative estimate of drug-likeness (QED) is 0.692. The van der Waals surface area contributed by atoms with E-state index in [1.807, 2.05) is 18.2 Å². The third-order valence-corrected chi connectivity index (χ3v) is 4.98. The Kier molecular flexibility index (Phi) is 4.94. The molecule has 2 aromatic heterocycles. The third kappa shape index (κ3) is 3.81. The lowest BCUT2D eigenvalue weighted by Crippen LogP contribution is -2.32. The smallest absolute Gasteiger partial charge is 0.395 e. The molecule has 1 aromatic carbocycles. The molecule has 0 radical (unpaired) electrons. The highest BCUT2D eigenvalue weighted by molar-refractivity contribution is 5.56. The Bertz CT molecular complexity index is 961. The molecule has 0 bridgehead atoms. The average molecular weight is 393 g/mol. The number of aliphatic hydroxyl groups is 1. The Morgan fingerprint density at radius 2 is 1.96 bits per heavy atom. The summed E-state index contributed by atoms with van der Waals surface area (Å²) in [6, 6.07) is 10.6. The van der Waals surface area contributed by atoms with Crippen LogP contribution in [0.1, 0.15) is 25.5 Å². The molecule has 9 heteroatoms. The summed E-state index contributed by atoms with van der Waals surface area (Å²) in [6.45, 7) is 1.70. The van der Waals surface area contributed by atoms with Crippen molar-refractivity contribution < 1.29 is 19.7 Å². The van der Waals surface area contributed by atoms with Gasteiger partial charge in [0, 0.05) is 19.7 Å². The predicted octanol–water partition coefficient (Wildman–Crippen LogP) is 3.69. The first kappa shape index (κ1) is 18.7. The molecule has 1 saturated heterocycles. The zero-order valence-electron chi connectivity index (χ0n) is 15.0. The van der Waals surface area contributed by atoms with Gasteiger partial charge in [-0.15, -0.1) is 5.10 Å². The molecule has 6 nitrogen and oxygen atoms in total. The topological polar surface area (TPSA) is 65.7 Å². The van der Waals surface area contributed by atoms with Gasteiger partial charge in [-0.2, -0.15) is 18.2 Å². The summed E-state index contributed by atoms with van der Waals surface area (Å²) in [5.41, 5.74) is 1.36. The van der Waals surface area contributed by atoms with Gasteiger partial charge in [0.25, 0.3) is 0 Å². The predicted molar refractivity (Wildman–Crippen MR) is 100 cm³/mol. The molecule has 0 saturated carbocycles. The summed E-state index contributed by atoms with van der Waals surface area (Å²) in [4.78, 5) is 6.63. The number of fused-ring (bicyclic) bond motifs is 1. The van der Waals surface area contributed by atoms with Gasteiger partial charge in [-0.1, -0.05) is 6.07 Å². The Morgan fingerprint density at radius 3 is 2.68 bits per heavy atom. The first-order chi connectivity index (χ1) is 13.4. The third-order valence-electron chi connectivity index (χ3n) is 4.98. The van der Waals surface area contributed by atoms with Crippen molar-refractivity contribution in [1.29, 1.82) is 0 Å². The zero-order valence-corrected chi connectivity index (χ0v) is 15.0. The van der Waals surface area contributed by atoms with Crippen molar-refractivity contribution in [2.24, 2.45) is 0 Å². The van der Waals surface area contributed by atoms with E-state index >= 15 is 0 Å². The molecular formula is C19H22F3N5O. The standard InChI is InChI=1S/C19H20F3N5O.H2/c20-19(21,22)13-6-8-14(9-7-13)23-18-24-17-5-1-3-15(27(17)25-18)11-26-10-2-4-16(26)12-28;/h1,3,5-9,16,28H,2,4,10-12H2,(H,23,25);1H/t16-;/m1./s1. The van der Waals surface area contributed by atoms with Crippen LogP contribution in [0.4, 0.5) is 24.8 Å². The van der Waals surface area contributed by atoms with Gasteiger partial charge in [0.05, 0.1) is 17.9 Å². The van der Waals surface area contributed by atoms with Gasteiger partial charge >= 0.3 is 6.18 Å². The number of hydrogen-bond acceptors (Lipinski definition) is 5. The van der Waals surface area contributed by atoms with Gasteiger partial charge in [0.1, 0.15) is 0 Å². The van der Waals surface area contributed by atoms with Crippen molar-refractivity contribution >= 4 is 17.3 Å². The maximum absolute atomic E-state index is 12.7. The van der Waals surface area contributed by atoms with Crippen LogP contribution in [-0.2, 0) is 12.7 Å². The number of nitrogens with zero attached hydrogens (tertiary/aromatic N) is 4. The molecule has 1 aliphatic rings. The fraction of sp³-hybridized carbons (Fsp3) is 0.368. The van der Waals surface area contributed by atoms with Crippen molar-refractivity contribution in [2.45, 2.75) is 31.6 Å². The summed E-state index contributed by atoms with van der Waals surface area (Å²) in [6.07, 6.45) is -2.33. The van der Waals surface area contributed by atoms with Crippen LogP contribution in [0.2, 0.25) is 0 Å². The number of likely N-dealkylation sites (tertiary alicyclic amines) is 1. The maximum Gasteiger partial charge on any atom is 0.416 e. The van der Waals surface area contributed by atoms with Crippen molar-refractivity contribution in [1.82, 2.24) is 19.5 Å². The van der Waals surface area contributed by atoms with Crippen LogP contribution in [0.25, 0.3) is 5.65 Å². The summed E-state index contributed by atoms with van der Waals surface area (Å²) < 4.78 is 39.8. The van der Waals surface area contributed by atoms with Crippen molar-refractivity contribution in [3.63, 3.8) is 0 Å². The average Bonchev–Trinajstić information content (AvgIpc) is 3.28. The highest BCUT2D eigenvalue weighted by atomic mass is 19.4. The minimum atomic E-state index is -4.36. The van der Waals surface area contributed by atoms with E-state index in [9.17, 15) is 18.3 Å². The lowest BCUT2D eigenvalue weighted by molar-refractivity contribution is -0.137. The van der Waals surface area contributed by atoms with Crippen LogP contribution in [0.5, 0.6) is 0 Å². The maximum atomic E-state index is 12.7. The van der Waals surface area contributed by atoms with Gasteiger partial charge in [-0.05, 0) is 55.8 Å². The molecule has 2 N–H and O–H groups in total. The largest absolute Gasteiger partial charge is 0.416 e. The number of anilines is 2. The van der Waals surface area contributed by atoms with E-state index in [1.54, 1.807) is 4.52 Å². The summed E-state index contributed by atoms with van der Waals surface area (Å²) in [5.74, 6) is 0.312. The molecule has 0 spiro atoms.